The SMILES string of the molecule is C.C[C@]12CCC(=O)C=C1CC(C(=O)O)[C@@H]1[C@@H]2C(OC(=O)C(F)(F)F)C[C@@]2(C)[C@H]1CC[C@]2(O)CCC(=O)O. The van der Waals surface area contributed by atoms with E-state index >= 15 is 0 Å². The Morgan fingerprint density at radius 1 is 1.16 bits per heavy atom. The van der Waals surface area contributed by atoms with Crippen LogP contribution in [0.1, 0.15) is 72.6 Å². The Kier molecular flexibility index (Phi) is 7.40. The highest BCUT2D eigenvalue weighted by Crippen LogP contribution is 2.69. The molecule has 3 saturated carbocycles. The van der Waals surface area contributed by atoms with Crippen LogP contribution in [0, 0.1) is 34.5 Å². The molecular formula is C26H35F3O8. The second-order valence-electron chi connectivity index (χ2n) is 11.4. The average Bonchev–Trinajstić information content (AvgIpc) is 3.02. The molecule has 0 aromatic rings. The van der Waals surface area contributed by atoms with Crippen molar-refractivity contribution in [2.24, 2.45) is 34.5 Å². The van der Waals surface area contributed by atoms with E-state index < -0.39 is 70.3 Å². The quantitative estimate of drug-likeness (QED) is 0.449. The van der Waals surface area contributed by atoms with Gasteiger partial charge in [0.1, 0.15) is 6.10 Å². The number of carbonyl (C=O) groups excluding carboxylic acids is 2. The maximum Gasteiger partial charge on any atom is 0.490 e. The Morgan fingerprint density at radius 2 is 1.81 bits per heavy atom. The van der Waals surface area contributed by atoms with Gasteiger partial charge in [0.05, 0.1) is 11.5 Å². The third-order valence-electron chi connectivity index (χ3n) is 9.81. The number of ketones is 1. The fourth-order valence-electron chi connectivity index (χ4n) is 8.03. The fraction of sp³-hybridized carbons (Fsp3) is 0.769. The summed E-state index contributed by atoms with van der Waals surface area (Å²) in [4.78, 5) is 48.0. The molecular weight excluding hydrogens is 497 g/mol. The molecule has 0 spiro atoms. The Balaban J connectivity index is 0.00000380. The van der Waals surface area contributed by atoms with Crippen LogP contribution in [0.4, 0.5) is 13.2 Å². The molecule has 0 aromatic carbocycles. The largest absolute Gasteiger partial charge is 0.490 e. The molecule has 0 radical (unpaired) electrons. The van der Waals surface area contributed by atoms with Crippen molar-refractivity contribution in [3.63, 3.8) is 0 Å². The van der Waals surface area contributed by atoms with Gasteiger partial charge in [0.2, 0.25) is 0 Å². The smallest absolute Gasteiger partial charge is 0.481 e. The van der Waals surface area contributed by atoms with Crippen LogP contribution in [0.3, 0.4) is 0 Å². The van der Waals surface area contributed by atoms with Crippen LogP contribution in [0.2, 0.25) is 0 Å². The number of aliphatic carboxylic acids is 2. The molecule has 0 bridgehead atoms. The minimum atomic E-state index is -5.27. The van der Waals surface area contributed by atoms with Crippen molar-refractivity contribution < 1.29 is 52.4 Å². The topological polar surface area (TPSA) is 138 Å². The highest BCUT2D eigenvalue weighted by molar-refractivity contribution is 5.92. The second kappa shape index (κ2) is 9.39. The second-order valence-corrected chi connectivity index (χ2v) is 11.4. The lowest BCUT2D eigenvalue weighted by atomic mass is 9.43. The van der Waals surface area contributed by atoms with Gasteiger partial charge in [-0.05, 0) is 61.9 Å². The molecule has 0 amide bonds. The van der Waals surface area contributed by atoms with E-state index in [1.165, 1.54) is 6.08 Å². The number of hydrogen-bond acceptors (Lipinski definition) is 6. The zero-order valence-electron chi connectivity index (χ0n) is 20.1. The lowest BCUT2D eigenvalue weighted by Gasteiger charge is -2.62. The molecule has 8 nitrogen and oxygen atoms in total. The first-order valence-electron chi connectivity index (χ1n) is 12.2. The standard InChI is InChI=1S/C25H31F3O8.CH4/c1-22-6-3-13(29)9-12(22)10-14(20(32)33)18-15-4-7-24(35,8-5-17(30)31)23(15,2)11-16(19(18)22)36-21(34)25(26,27)28;/h9,14-16,18-19,35H,3-8,10-11H2,1-2H3,(H,30,31)(H,32,33);1H4/t14?,15-,16?,18-,19-,22-,23-,24-;/m0./s1. The van der Waals surface area contributed by atoms with E-state index in [9.17, 15) is 47.7 Å². The van der Waals surface area contributed by atoms with Crippen LogP contribution >= 0.6 is 0 Å². The number of aliphatic hydroxyl groups is 1. The van der Waals surface area contributed by atoms with Crippen LogP contribution in [0.25, 0.3) is 0 Å². The molecule has 11 heteroatoms. The molecule has 37 heavy (non-hydrogen) atoms. The first-order valence-corrected chi connectivity index (χ1v) is 12.2. The number of hydrogen-bond donors (Lipinski definition) is 3. The van der Waals surface area contributed by atoms with Crippen LogP contribution < -0.4 is 0 Å². The van der Waals surface area contributed by atoms with E-state index in [1.807, 2.05) is 0 Å². The number of esters is 1. The minimum Gasteiger partial charge on any atom is -0.481 e. The number of allylic oxidation sites excluding steroid dienone is 1. The number of fused-ring (bicyclic) bond motifs is 5. The van der Waals surface area contributed by atoms with E-state index in [4.69, 9.17) is 4.74 Å². The van der Waals surface area contributed by atoms with Crippen molar-refractivity contribution in [3.8, 4) is 0 Å². The average molecular weight is 533 g/mol. The number of carbonyl (C=O) groups is 4. The maximum absolute atomic E-state index is 13.3. The van der Waals surface area contributed by atoms with Gasteiger partial charge in [-0.25, -0.2) is 4.79 Å². The number of rotatable bonds is 5. The van der Waals surface area contributed by atoms with Crippen LogP contribution in [0.5, 0.6) is 0 Å². The zero-order chi connectivity index (χ0) is 26.8. The maximum atomic E-state index is 13.3. The molecule has 0 aromatic heterocycles. The van der Waals surface area contributed by atoms with Gasteiger partial charge in [-0.3, -0.25) is 14.4 Å². The molecule has 3 N–H and O–H groups in total. The predicted molar refractivity (Wildman–Crippen MR) is 123 cm³/mol. The molecule has 2 unspecified atom stereocenters. The third-order valence-corrected chi connectivity index (χ3v) is 9.81. The van der Waals surface area contributed by atoms with Crippen LogP contribution in [0.15, 0.2) is 11.6 Å². The lowest BCUT2D eigenvalue weighted by Crippen LogP contribution is -2.63. The summed E-state index contributed by atoms with van der Waals surface area (Å²) in [6.07, 6.45) is -4.93. The molecule has 0 heterocycles. The van der Waals surface area contributed by atoms with Gasteiger partial charge in [-0.15, -0.1) is 0 Å². The van der Waals surface area contributed by atoms with Crippen molar-refractivity contribution in [2.45, 2.75) is 90.5 Å². The number of ether oxygens (including phenoxy) is 1. The Morgan fingerprint density at radius 3 is 2.38 bits per heavy atom. The number of carboxylic acids is 2. The van der Waals surface area contributed by atoms with Crippen LogP contribution in [-0.4, -0.2) is 56.9 Å². The summed E-state index contributed by atoms with van der Waals surface area (Å²) < 4.78 is 45.0. The molecule has 208 valence electrons. The molecule has 8 atom stereocenters. The predicted octanol–water partition coefficient (Wildman–Crippen LogP) is 4.15. The monoisotopic (exact) mass is 532 g/mol. The zero-order valence-corrected chi connectivity index (χ0v) is 20.1. The highest BCUT2D eigenvalue weighted by Gasteiger charge is 2.69. The summed E-state index contributed by atoms with van der Waals surface area (Å²) in [7, 11) is 0. The Hall–Kier alpha value is -2.43. The van der Waals surface area contributed by atoms with Crippen LogP contribution in [-0.2, 0) is 23.9 Å². The summed E-state index contributed by atoms with van der Waals surface area (Å²) >= 11 is 0. The van der Waals surface area contributed by atoms with Gasteiger partial charge in [-0.2, -0.15) is 13.2 Å². The first-order chi connectivity index (χ1) is 16.5. The van der Waals surface area contributed by atoms with E-state index in [2.05, 4.69) is 0 Å². The van der Waals surface area contributed by atoms with E-state index in [0.717, 1.165) is 0 Å². The fourth-order valence-corrected chi connectivity index (χ4v) is 8.03. The van der Waals surface area contributed by atoms with Gasteiger partial charge < -0.3 is 20.1 Å². The van der Waals surface area contributed by atoms with Gasteiger partial charge in [-0.1, -0.05) is 26.8 Å². The molecule has 0 aliphatic heterocycles. The summed E-state index contributed by atoms with van der Waals surface area (Å²) in [6, 6.07) is 0. The molecule has 4 aliphatic rings. The van der Waals surface area contributed by atoms with Crippen molar-refractivity contribution >= 4 is 23.7 Å². The lowest BCUT2D eigenvalue weighted by molar-refractivity contribution is -0.232. The van der Waals surface area contributed by atoms with Crippen molar-refractivity contribution in [2.75, 3.05) is 0 Å². The first kappa shape index (κ1) is 29.1. The van der Waals surface area contributed by atoms with Crippen molar-refractivity contribution in [3.05, 3.63) is 11.6 Å². The van der Waals surface area contributed by atoms with E-state index in [0.29, 0.717) is 12.0 Å². The highest BCUT2D eigenvalue weighted by atomic mass is 19.4. The van der Waals surface area contributed by atoms with Gasteiger partial charge in [0.15, 0.2) is 5.78 Å². The molecule has 0 saturated heterocycles. The Labute approximate surface area is 213 Å². The van der Waals surface area contributed by atoms with Crippen molar-refractivity contribution in [1.82, 2.24) is 0 Å². The Bertz CT molecular complexity index is 1020. The normalized spacial score (nSPS) is 40.9. The summed E-state index contributed by atoms with van der Waals surface area (Å²) in [5.74, 6) is -7.92. The number of alkyl halides is 3. The van der Waals surface area contributed by atoms with Gasteiger partial charge in [0, 0.05) is 24.2 Å². The summed E-state index contributed by atoms with van der Waals surface area (Å²) in [5.41, 5.74) is -3.06. The molecule has 4 aliphatic carbocycles. The van der Waals surface area contributed by atoms with Gasteiger partial charge in [0.25, 0.3) is 0 Å². The molecule has 3 fully saturated rings. The molecule has 4 rings (SSSR count). The van der Waals surface area contributed by atoms with E-state index in [-0.39, 0.29) is 58.2 Å². The number of carboxylic acid groups (broad SMARTS) is 2. The minimum absolute atomic E-state index is 0. The van der Waals surface area contributed by atoms with E-state index in [1.54, 1.807) is 13.8 Å². The summed E-state index contributed by atoms with van der Waals surface area (Å²) in [6.45, 7) is 3.44. The summed E-state index contributed by atoms with van der Waals surface area (Å²) in [5, 5.41) is 31.0. The third kappa shape index (κ3) is 4.57. The van der Waals surface area contributed by atoms with Gasteiger partial charge >= 0.3 is 24.1 Å². The van der Waals surface area contributed by atoms with Crippen molar-refractivity contribution in [1.29, 1.82) is 0 Å². The number of halogens is 3.